The first-order valence-electron chi connectivity index (χ1n) is 10.6. The van der Waals surface area contributed by atoms with E-state index in [4.69, 9.17) is 5.11 Å². The lowest BCUT2D eigenvalue weighted by Crippen LogP contribution is -2.10. The van der Waals surface area contributed by atoms with Crippen LogP contribution in [0.25, 0.3) is 34.2 Å². The van der Waals surface area contributed by atoms with Crippen molar-refractivity contribution in [2.24, 2.45) is 5.92 Å². The van der Waals surface area contributed by atoms with E-state index in [9.17, 15) is 9.59 Å². The van der Waals surface area contributed by atoms with Crippen LogP contribution in [0.3, 0.4) is 0 Å². The van der Waals surface area contributed by atoms with Crippen LogP contribution in [0.4, 0.5) is 0 Å². The molecule has 0 spiro atoms. The molecule has 5 rings (SSSR count). The van der Waals surface area contributed by atoms with Gasteiger partial charge in [-0.1, -0.05) is 19.3 Å². The lowest BCUT2D eigenvalue weighted by molar-refractivity contribution is -0.138. The Morgan fingerprint density at radius 1 is 1.06 bits per heavy atom. The van der Waals surface area contributed by atoms with Gasteiger partial charge in [-0.05, 0) is 30.9 Å². The minimum atomic E-state index is -0.632. The Labute approximate surface area is 193 Å². The minimum Gasteiger partial charge on any atom is -0.481 e. The summed E-state index contributed by atoms with van der Waals surface area (Å²) in [4.78, 5) is 40.4. The summed E-state index contributed by atoms with van der Waals surface area (Å²) >= 11 is 1.50. The molecule has 11 heteroatoms. The van der Waals surface area contributed by atoms with E-state index in [2.05, 4.69) is 35.1 Å². The van der Waals surface area contributed by atoms with Crippen LogP contribution in [0, 0.1) is 5.92 Å². The first-order chi connectivity index (χ1) is 16.1. The molecule has 0 bridgehead atoms. The van der Waals surface area contributed by atoms with Crippen molar-refractivity contribution in [3.05, 3.63) is 52.1 Å². The van der Waals surface area contributed by atoms with Gasteiger partial charge in [0.15, 0.2) is 11.6 Å². The molecule has 0 unspecified atom stereocenters. The normalized spacial score (nSPS) is 13.8. The van der Waals surface area contributed by atoms with Crippen molar-refractivity contribution in [1.29, 1.82) is 0 Å². The number of carbonyl (C=O) groups is 1. The van der Waals surface area contributed by atoms with Crippen molar-refractivity contribution < 1.29 is 9.90 Å². The van der Waals surface area contributed by atoms with Crippen LogP contribution < -0.4 is 5.69 Å². The number of nitrogens with one attached hydrogen (secondary N) is 2. The molecule has 0 aromatic carbocycles. The quantitative estimate of drug-likeness (QED) is 0.403. The van der Waals surface area contributed by atoms with Crippen LogP contribution in [0.5, 0.6) is 0 Å². The highest BCUT2D eigenvalue weighted by molar-refractivity contribution is 7.07. The van der Waals surface area contributed by atoms with Gasteiger partial charge >= 0.3 is 11.7 Å². The molecule has 0 atom stereocenters. The van der Waals surface area contributed by atoms with Gasteiger partial charge in [0.25, 0.3) is 0 Å². The van der Waals surface area contributed by atoms with E-state index in [0.717, 1.165) is 29.7 Å². The van der Waals surface area contributed by atoms with Gasteiger partial charge < -0.3 is 10.1 Å². The molecule has 170 valence electrons. The highest BCUT2D eigenvalue weighted by atomic mass is 32.1. The van der Waals surface area contributed by atoms with Crippen molar-refractivity contribution in [2.45, 2.75) is 38.5 Å². The fraction of sp³-hybridized carbons (Fsp3) is 0.318. The van der Waals surface area contributed by atoms with Crippen LogP contribution in [-0.4, -0.2) is 46.2 Å². The molecule has 4 aromatic rings. The first kappa shape index (κ1) is 22.5. The van der Waals surface area contributed by atoms with Gasteiger partial charge in [0, 0.05) is 41.5 Å². The van der Waals surface area contributed by atoms with Crippen LogP contribution in [0.15, 0.2) is 46.4 Å². The van der Waals surface area contributed by atoms with Crippen molar-refractivity contribution in [3.63, 3.8) is 0 Å². The van der Waals surface area contributed by atoms with E-state index < -0.39 is 5.97 Å². The minimum absolute atomic E-state index is 0.388. The molecule has 1 fully saturated rings. The summed E-state index contributed by atoms with van der Waals surface area (Å²) in [5.41, 5.74) is 4.33. The molecular formula is C22H23N7O3S. The van der Waals surface area contributed by atoms with Gasteiger partial charge in [-0.3, -0.25) is 14.9 Å². The zero-order valence-electron chi connectivity index (χ0n) is 17.8. The summed E-state index contributed by atoms with van der Waals surface area (Å²) < 4.78 is 0. The predicted molar refractivity (Wildman–Crippen MR) is 123 cm³/mol. The maximum Gasteiger partial charge on any atom is 0.344 e. The monoisotopic (exact) mass is 465 g/mol. The molecule has 1 aliphatic rings. The molecule has 1 aliphatic carbocycles. The second-order valence-electron chi connectivity index (χ2n) is 7.72. The Bertz CT molecular complexity index is 1210. The largest absolute Gasteiger partial charge is 0.481 e. The fourth-order valence-electron chi connectivity index (χ4n) is 3.65. The third-order valence-electron chi connectivity index (χ3n) is 5.34. The summed E-state index contributed by atoms with van der Waals surface area (Å²) in [5, 5.41) is 17.4. The molecule has 4 heterocycles. The Morgan fingerprint density at radius 3 is 2.52 bits per heavy atom. The lowest BCUT2D eigenvalue weighted by Gasteiger charge is -2.18. The number of carboxylic acid groups (broad SMARTS) is 1. The highest BCUT2D eigenvalue weighted by Crippen LogP contribution is 2.26. The van der Waals surface area contributed by atoms with Gasteiger partial charge in [-0.2, -0.15) is 5.10 Å². The third kappa shape index (κ3) is 6.16. The Hall–Kier alpha value is -3.73. The topological polar surface area (TPSA) is 150 Å². The maximum absolute atomic E-state index is 11.0. The van der Waals surface area contributed by atoms with Crippen LogP contribution in [-0.2, 0) is 4.79 Å². The standard InChI is InChI=1S/C14H9N7OS.C8H14O2/c22-14-16-4-9(5-17-14)10-2-1-8(3-15-10)12-19-13(21-20-12)11-6-23-7-18-11;9-8(10)6-7-4-2-1-3-5-7/h1-7H,(H,16,17,22)(H,19,20,21);7H,1-6H2,(H,9,10). The van der Waals surface area contributed by atoms with Gasteiger partial charge in [0.05, 0.1) is 11.2 Å². The van der Waals surface area contributed by atoms with E-state index in [-0.39, 0.29) is 5.69 Å². The molecule has 10 nitrogen and oxygen atoms in total. The SMILES string of the molecule is O=C(O)CC1CCCCC1.O=c1ncc(-c2ccc(-c3n[nH]c(-c4cscn4)n3)cn2)c[nH]1. The zero-order chi connectivity index (χ0) is 23.0. The predicted octanol–water partition coefficient (Wildman–Crippen LogP) is 3.78. The maximum atomic E-state index is 11.0. The lowest BCUT2D eigenvalue weighted by atomic mass is 9.87. The molecule has 33 heavy (non-hydrogen) atoms. The van der Waals surface area contributed by atoms with Gasteiger partial charge in [-0.25, -0.2) is 19.7 Å². The van der Waals surface area contributed by atoms with Crippen molar-refractivity contribution >= 4 is 17.3 Å². The first-order valence-corrected chi connectivity index (χ1v) is 11.6. The van der Waals surface area contributed by atoms with Gasteiger partial charge in [-0.15, -0.1) is 11.3 Å². The Balaban J connectivity index is 0.000000219. The zero-order valence-corrected chi connectivity index (χ0v) is 18.6. The molecule has 3 N–H and O–H groups in total. The number of H-pyrrole nitrogens is 2. The third-order valence-corrected chi connectivity index (χ3v) is 5.92. The molecule has 0 amide bonds. The van der Waals surface area contributed by atoms with Crippen molar-refractivity contribution in [3.8, 4) is 34.2 Å². The second-order valence-corrected chi connectivity index (χ2v) is 8.44. The number of nitrogens with zero attached hydrogens (tertiary/aromatic N) is 5. The van der Waals surface area contributed by atoms with Crippen LogP contribution >= 0.6 is 11.3 Å². The number of hydrogen-bond donors (Lipinski definition) is 3. The average Bonchev–Trinajstić information content (AvgIpc) is 3.53. The van der Waals surface area contributed by atoms with E-state index in [1.165, 1.54) is 36.8 Å². The van der Waals surface area contributed by atoms with E-state index >= 15 is 0 Å². The van der Waals surface area contributed by atoms with Crippen LogP contribution in [0.1, 0.15) is 38.5 Å². The highest BCUT2D eigenvalue weighted by Gasteiger charge is 2.15. The number of hydrogen-bond acceptors (Lipinski definition) is 8. The summed E-state index contributed by atoms with van der Waals surface area (Å²) in [6.45, 7) is 0. The smallest absolute Gasteiger partial charge is 0.344 e. The molecule has 0 saturated heterocycles. The number of pyridine rings is 1. The number of thiazole rings is 1. The van der Waals surface area contributed by atoms with Gasteiger partial charge in [0.1, 0.15) is 5.69 Å². The van der Waals surface area contributed by atoms with E-state index in [1.54, 1.807) is 17.9 Å². The van der Waals surface area contributed by atoms with Crippen molar-refractivity contribution in [1.82, 2.24) is 35.1 Å². The van der Waals surface area contributed by atoms with Crippen LogP contribution in [0.2, 0.25) is 0 Å². The molecular weight excluding hydrogens is 442 g/mol. The van der Waals surface area contributed by atoms with Gasteiger partial charge in [0.2, 0.25) is 0 Å². The average molecular weight is 466 g/mol. The fourth-order valence-corrected chi connectivity index (χ4v) is 4.19. The van der Waals surface area contributed by atoms with E-state index in [0.29, 0.717) is 29.7 Å². The molecule has 4 aromatic heterocycles. The second kappa shape index (κ2) is 10.7. The molecule has 0 aliphatic heterocycles. The Morgan fingerprint density at radius 2 is 1.88 bits per heavy atom. The number of aromatic nitrogens is 7. The number of carboxylic acids is 1. The number of rotatable bonds is 5. The summed E-state index contributed by atoms with van der Waals surface area (Å²) in [6, 6.07) is 3.69. The molecule has 0 radical (unpaired) electrons. The number of aromatic amines is 2. The summed E-state index contributed by atoms with van der Waals surface area (Å²) in [6.07, 6.45) is 11.2. The van der Waals surface area contributed by atoms with E-state index in [1.807, 2.05) is 17.5 Å². The van der Waals surface area contributed by atoms with Crippen molar-refractivity contribution in [2.75, 3.05) is 0 Å². The summed E-state index contributed by atoms with van der Waals surface area (Å²) in [5.74, 6) is 1.01. The molecule has 1 saturated carbocycles. The Kier molecular flexibility index (Phi) is 7.30. The summed E-state index contributed by atoms with van der Waals surface area (Å²) in [7, 11) is 0. The number of aliphatic carboxylic acids is 1.